The number of nitrogens with zero attached hydrogens (tertiary/aromatic N) is 4. The third-order valence-corrected chi connectivity index (χ3v) is 5.79. The van der Waals surface area contributed by atoms with Crippen LogP contribution in [0.25, 0.3) is 11.4 Å². The molecule has 0 spiro atoms. The maximum Gasteiger partial charge on any atom is 0.341 e. The van der Waals surface area contributed by atoms with Gasteiger partial charge in [0.2, 0.25) is 11.7 Å². The molecule has 144 valence electrons. The Morgan fingerprint density at radius 3 is 2.79 bits per heavy atom. The van der Waals surface area contributed by atoms with Crippen LogP contribution in [0, 0.1) is 0 Å². The summed E-state index contributed by atoms with van der Waals surface area (Å²) in [7, 11) is 1.35. The minimum atomic E-state index is -0.417. The first-order chi connectivity index (χ1) is 13.7. The van der Waals surface area contributed by atoms with Gasteiger partial charge in [-0.1, -0.05) is 30.3 Å². The van der Waals surface area contributed by atoms with Crippen LogP contribution in [0.15, 0.2) is 30.3 Å². The molecular weight excluding hydrogens is 378 g/mol. The van der Waals surface area contributed by atoms with Gasteiger partial charge in [-0.05, 0) is 36.5 Å². The molecule has 0 fully saturated rings. The summed E-state index contributed by atoms with van der Waals surface area (Å²) in [5.41, 5.74) is 2.31. The number of rotatable bonds is 5. The van der Waals surface area contributed by atoms with E-state index in [1.54, 1.807) is 0 Å². The number of aromatic nitrogens is 4. The molecule has 8 nitrogen and oxygen atoms in total. The summed E-state index contributed by atoms with van der Waals surface area (Å²) in [6, 6.07) is 9.42. The Balaban J connectivity index is 1.51. The van der Waals surface area contributed by atoms with Crippen LogP contribution in [0.4, 0.5) is 5.00 Å². The van der Waals surface area contributed by atoms with Crippen molar-refractivity contribution in [2.45, 2.75) is 32.2 Å². The van der Waals surface area contributed by atoms with E-state index >= 15 is 0 Å². The SMILES string of the molecule is COC(=O)c1c(NC(=O)Cn2nnc(-c3ccccc3)n2)sc2c1CCCC2. The number of ether oxygens (including phenoxy) is 1. The van der Waals surface area contributed by atoms with E-state index in [-0.39, 0.29) is 12.5 Å². The topological polar surface area (TPSA) is 99.0 Å². The Bertz CT molecular complexity index is 1010. The molecule has 1 N–H and O–H groups in total. The van der Waals surface area contributed by atoms with Gasteiger partial charge in [-0.15, -0.1) is 21.5 Å². The number of carbonyl (C=O) groups excluding carboxylic acids is 2. The monoisotopic (exact) mass is 397 g/mol. The van der Waals surface area contributed by atoms with E-state index in [1.807, 2.05) is 30.3 Å². The molecule has 0 aliphatic heterocycles. The van der Waals surface area contributed by atoms with Crippen LogP contribution in [0.2, 0.25) is 0 Å². The molecule has 0 atom stereocenters. The quantitative estimate of drug-likeness (QED) is 0.665. The first kappa shape index (κ1) is 18.3. The zero-order chi connectivity index (χ0) is 19.5. The number of hydrogen-bond donors (Lipinski definition) is 1. The van der Waals surface area contributed by atoms with Gasteiger partial charge >= 0.3 is 5.97 Å². The third kappa shape index (κ3) is 3.65. The molecule has 3 aromatic rings. The molecule has 0 saturated carbocycles. The minimum absolute atomic E-state index is 0.0942. The lowest BCUT2D eigenvalue weighted by Crippen LogP contribution is -2.21. The highest BCUT2D eigenvalue weighted by Crippen LogP contribution is 2.38. The average molecular weight is 397 g/mol. The van der Waals surface area contributed by atoms with E-state index in [4.69, 9.17) is 4.74 Å². The van der Waals surface area contributed by atoms with Crippen LogP contribution < -0.4 is 5.32 Å². The van der Waals surface area contributed by atoms with Crippen molar-refractivity contribution in [2.24, 2.45) is 0 Å². The molecule has 1 amide bonds. The fourth-order valence-electron chi connectivity index (χ4n) is 3.28. The normalized spacial score (nSPS) is 13.0. The highest BCUT2D eigenvalue weighted by atomic mass is 32.1. The standard InChI is InChI=1S/C19H19N5O3S/c1-27-19(26)16-13-9-5-6-10-14(13)28-18(16)20-15(25)11-24-22-17(21-23-24)12-7-3-2-4-8-12/h2-4,7-8H,5-6,9-11H2,1H3,(H,20,25). The molecule has 0 bridgehead atoms. The molecule has 1 aliphatic carbocycles. The molecule has 2 heterocycles. The van der Waals surface area contributed by atoms with E-state index in [0.29, 0.717) is 16.4 Å². The Morgan fingerprint density at radius 1 is 1.21 bits per heavy atom. The number of esters is 1. The average Bonchev–Trinajstić information content (AvgIpc) is 3.32. The van der Waals surface area contributed by atoms with Crippen molar-refractivity contribution in [3.63, 3.8) is 0 Å². The highest BCUT2D eigenvalue weighted by molar-refractivity contribution is 7.17. The number of benzene rings is 1. The Kier molecular flexibility index (Phi) is 5.16. The van der Waals surface area contributed by atoms with Gasteiger partial charge in [0.05, 0.1) is 12.7 Å². The predicted octanol–water partition coefficient (Wildman–Crippen LogP) is 2.71. The number of thiophene rings is 1. The molecule has 1 aromatic carbocycles. The summed E-state index contributed by atoms with van der Waals surface area (Å²) in [5.74, 6) is -0.282. The summed E-state index contributed by atoms with van der Waals surface area (Å²) in [6.07, 6.45) is 3.88. The lowest BCUT2D eigenvalue weighted by atomic mass is 9.95. The lowest BCUT2D eigenvalue weighted by Gasteiger charge is -2.11. The Labute approximate surface area is 165 Å². The van der Waals surface area contributed by atoms with Gasteiger partial charge in [-0.3, -0.25) is 4.79 Å². The van der Waals surface area contributed by atoms with Crippen molar-refractivity contribution in [1.82, 2.24) is 20.2 Å². The second-order valence-electron chi connectivity index (χ2n) is 6.46. The number of aryl methyl sites for hydroxylation is 1. The molecule has 4 rings (SSSR count). The summed E-state index contributed by atoms with van der Waals surface area (Å²) in [4.78, 5) is 27.2. The number of methoxy groups -OCH3 is 1. The van der Waals surface area contributed by atoms with Crippen molar-refractivity contribution < 1.29 is 14.3 Å². The van der Waals surface area contributed by atoms with Crippen LogP contribution in [0.1, 0.15) is 33.6 Å². The largest absolute Gasteiger partial charge is 0.465 e. The second-order valence-corrected chi connectivity index (χ2v) is 7.57. The predicted molar refractivity (Wildman–Crippen MR) is 104 cm³/mol. The van der Waals surface area contributed by atoms with E-state index < -0.39 is 5.97 Å². The van der Waals surface area contributed by atoms with Crippen molar-refractivity contribution in [2.75, 3.05) is 12.4 Å². The van der Waals surface area contributed by atoms with Gasteiger partial charge in [0.25, 0.3) is 0 Å². The molecular formula is C19H19N5O3S. The summed E-state index contributed by atoms with van der Waals surface area (Å²) < 4.78 is 4.93. The molecule has 0 unspecified atom stereocenters. The number of amides is 1. The van der Waals surface area contributed by atoms with Crippen LogP contribution in [-0.2, 0) is 28.9 Å². The molecule has 0 radical (unpaired) electrons. The second kappa shape index (κ2) is 7.89. The molecule has 9 heteroatoms. The molecule has 0 saturated heterocycles. The van der Waals surface area contributed by atoms with Gasteiger partial charge in [-0.25, -0.2) is 4.79 Å². The number of hydrogen-bond acceptors (Lipinski definition) is 7. The summed E-state index contributed by atoms with van der Waals surface area (Å²) in [6.45, 7) is -0.0942. The smallest absolute Gasteiger partial charge is 0.341 e. The van der Waals surface area contributed by atoms with E-state index in [2.05, 4.69) is 20.7 Å². The van der Waals surface area contributed by atoms with Gasteiger partial charge in [0, 0.05) is 10.4 Å². The van der Waals surface area contributed by atoms with Gasteiger partial charge < -0.3 is 10.1 Å². The van der Waals surface area contributed by atoms with Crippen LogP contribution >= 0.6 is 11.3 Å². The first-order valence-corrected chi connectivity index (χ1v) is 9.83. The Hall–Kier alpha value is -3.07. The zero-order valence-corrected chi connectivity index (χ0v) is 16.2. The number of nitrogens with one attached hydrogen (secondary N) is 1. The lowest BCUT2D eigenvalue weighted by molar-refractivity contribution is -0.117. The number of carbonyl (C=O) groups is 2. The van der Waals surface area contributed by atoms with Crippen LogP contribution in [0.3, 0.4) is 0 Å². The van der Waals surface area contributed by atoms with Crippen molar-refractivity contribution in [3.05, 3.63) is 46.3 Å². The van der Waals surface area contributed by atoms with Crippen LogP contribution in [0.5, 0.6) is 0 Å². The Morgan fingerprint density at radius 2 is 2.00 bits per heavy atom. The summed E-state index contributed by atoms with van der Waals surface area (Å²) >= 11 is 1.45. The van der Waals surface area contributed by atoms with Gasteiger partial charge in [-0.2, -0.15) is 4.80 Å². The highest BCUT2D eigenvalue weighted by Gasteiger charge is 2.27. The van der Waals surface area contributed by atoms with E-state index in [1.165, 1.54) is 23.2 Å². The maximum atomic E-state index is 12.5. The number of fused-ring (bicyclic) bond motifs is 1. The molecule has 28 heavy (non-hydrogen) atoms. The fraction of sp³-hybridized carbons (Fsp3) is 0.316. The maximum absolute atomic E-state index is 12.5. The van der Waals surface area contributed by atoms with E-state index in [0.717, 1.165) is 41.7 Å². The van der Waals surface area contributed by atoms with Crippen molar-refractivity contribution in [1.29, 1.82) is 0 Å². The molecule has 2 aromatic heterocycles. The van der Waals surface area contributed by atoms with Crippen LogP contribution in [-0.4, -0.2) is 39.2 Å². The number of anilines is 1. The number of tetrazole rings is 1. The minimum Gasteiger partial charge on any atom is -0.465 e. The fourth-order valence-corrected chi connectivity index (χ4v) is 4.57. The third-order valence-electron chi connectivity index (χ3n) is 4.58. The molecule has 1 aliphatic rings. The van der Waals surface area contributed by atoms with E-state index in [9.17, 15) is 9.59 Å². The van der Waals surface area contributed by atoms with Gasteiger partial charge in [0.1, 0.15) is 11.5 Å². The van der Waals surface area contributed by atoms with Gasteiger partial charge in [0.15, 0.2) is 0 Å². The van der Waals surface area contributed by atoms with Crippen molar-refractivity contribution in [3.8, 4) is 11.4 Å². The first-order valence-electron chi connectivity index (χ1n) is 9.01. The zero-order valence-electron chi connectivity index (χ0n) is 15.3. The van der Waals surface area contributed by atoms with Crippen molar-refractivity contribution >= 4 is 28.2 Å². The summed E-state index contributed by atoms with van der Waals surface area (Å²) in [5, 5.41) is 15.5.